The van der Waals surface area contributed by atoms with Gasteiger partial charge in [-0.15, -0.1) is 0 Å². The maximum Gasteiger partial charge on any atom is 0.221 e. The average molecular weight is 237 g/mol. The monoisotopic (exact) mass is 237 g/mol. The van der Waals surface area contributed by atoms with Crippen molar-refractivity contribution >= 4 is 0 Å². The van der Waals surface area contributed by atoms with E-state index < -0.39 is 0 Å². The summed E-state index contributed by atoms with van der Waals surface area (Å²) in [6, 6.07) is 0. The third-order valence-electron chi connectivity index (χ3n) is 2.71. The first-order chi connectivity index (χ1) is 8.09. The molecule has 1 heterocycles. The molecule has 4 nitrogen and oxygen atoms in total. The minimum Gasteiger partial charge on any atom is -0.471 e. The van der Waals surface area contributed by atoms with E-state index in [9.17, 15) is 0 Å². The molecule has 0 aliphatic heterocycles. The van der Waals surface area contributed by atoms with E-state index in [0.29, 0.717) is 5.88 Å². The molecule has 0 saturated heterocycles. The Hall–Kier alpha value is -1.16. The number of nitrogens with zero attached hydrogens (tertiary/aromatic N) is 2. The summed E-state index contributed by atoms with van der Waals surface area (Å²) in [6.45, 7) is 10.1. The van der Waals surface area contributed by atoms with Crippen molar-refractivity contribution in [1.82, 2.24) is 15.3 Å². The molecule has 0 bridgehead atoms. The highest BCUT2D eigenvalue weighted by atomic mass is 16.5. The van der Waals surface area contributed by atoms with Crippen LogP contribution in [0.4, 0.5) is 0 Å². The third-order valence-corrected chi connectivity index (χ3v) is 2.71. The van der Waals surface area contributed by atoms with Gasteiger partial charge in [0.05, 0.1) is 0 Å². The fourth-order valence-electron chi connectivity index (χ4n) is 1.29. The van der Waals surface area contributed by atoms with Crippen LogP contribution in [-0.4, -0.2) is 22.1 Å². The van der Waals surface area contributed by atoms with E-state index in [-0.39, 0.29) is 5.60 Å². The van der Waals surface area contributed by atoms with Crippen molar-refractivity contribution in [1.29, 1.82) is 0 Å². The van der Waals surface area contributed by atoms with Crippen molar-refractivity contribution in [2.45, 2.75) is 52.7 Å². The molecule has 4 heteroatoms. The zero-order valence-corrected chi connectivity index (χ0v) is 11.3. The van der Waals surface area contributed by atoms with E-state index in [1.807, 2.05) is 6.20 Å². The van der Waals surface area contributed by atoms with Crippen molar-refractivity contribution in [3.05, 3.63) is 18.1 Å². The summed E-state index contributed by atoms with van der Waals surface area (Å²) in [7, 11) is 0. The summed E-state index contributed by atoms with van der Waals surface area (Å²) in [4.78, 5) is 8.27. The van der Waals surface area contributed by atoms with Gasteiger partial charge in [-0.1, -0.05) is 13.8 Å². The lowest BCUT2D eigenvalue weighted by Crippen LogP contribution is -2.28. The van der Waals surface area contributed by atoms with Crippen LogP contribution in [0.15, 0.2) is 12.5 Å². The van der Waals surface area contributed by atoms with E-state index in [2.05, 4.69) is 43.0 Å². The second kappa shape index (κ2) is 6.55. The fourth-order valence-corrected chi connectivity index (χ4v) is 1.29. The van der Waals surface area contributed by atoms with Gasteiger partial charge >= 0.3 is 0 Å². The van der Waals surface area contributed by atoms with Gasteiger partial charge in [0.15, 0.2) is 0 Å². The summed E-state index contributed by atoms with van der Waals surface area (Å²) >= 11 is 0. The molecule has 0 amide bonds. The Bertz CT molecular complexity index is 339. The molecule has 17 heavy (non-hydrogen) atoms. The van der Waals surface area contributed by atoms with Gasteiger partial charge in [0.2, 0.25) is 5.88 Å². The van der Waals surface area contributed by atoms with Gasteiger partial charge in [0.25, 0.3) is 0 Å². The Labute approximate surface area is 104 Å². The highest BCUT2D eigenvalue weighted by molar-refractivity contribution is 5.22. The van der Waals surface area contributed by atoms with E-state index >= 15 is 0 Å². The molecule has 96 valence electrons. The average Bonchev–Trinajstić information content (AvgIpc) is 2.31. The Morgan fingerprint density at radius 1 is 1.35 bits per heavy atom. The number of aromatic nitrogens is 2. The summed E-state index contributed by atoms with van der Waals surface area (Å²) in [5.74, 6) is 0.690. The van der Waals surface area contributed by atoms with Crippen LogP contribution in [-0.2, 0) is 6.54 Å². The lowest BCUT2D eigenvalue weighted by Gasteiger charge is -2.25. The highest BCUT2D eigenvalue weighted by Crippen LogP contribution is 2.21. The molecule has 0 saturated carbocycles. The van der Waals surface area contributed by atoms with E-state index in [1.54, 1.807) is 0 Å². The molecule has 0 radical (unpaired) electrons. The first-order valence-electron chi connectivity index (χ1n) is 6.27. The van der Waals surface area contributed by atoms with Crippen LogP contribution in [0.25, 0.3) is 0 Å². The molecular weight excluding hydrogens is 214 g/mol. The molecular formula is C13H23N3O. The van der Waals surface area contributed by atoms with Crippen LogP contribution in [0.2, 0.25) is 0 Å². The molecule has 1 aromatic rings. The molecule has 0 atom stereocenters. The van der Waals surface area contributed by atoms with Crippen molar-refractivity contribution in [2.75, 3.05) is 6.54 Å². The summed E-state index contributed by atoms with van der Waals surface area (Å²) in [6.07, 6.45) is 5.41. The Morgan fingerprint density at radius 3 is 2.76 bits per heavy atom. The van der Waals surface area contributed by atoms with E-state index in [0.717, 1.165) is 31.5 Å². The van der Waals surface area contributed by atoms with Crippen LogP contribution in [0, 0.1) is 0 Å². The lowest BCUT2D eigenvalue weighted by molar-refractivity contribution is 0.0971. The topological polar surface area (TPSA) is 47.0 Å². The van der Waals surface area contributed by atoms with Crippen molar-refractivity contribution < 1.29 is 4.74 Å². The summed E-state index contributed by atoms with van der Waals surface area (Å²) in [5, 5.41) is 3.34. The van der Waals surface area contributed by atoms with E-state index in [4.69, 9.17) is 4.74 Å². The maximum atomic E-state index is 5.92. The van der Waals surface area contributed by atoms with Crippen molar-refractivity contribution in [3.63, 3.8) is 0 Å². The number of rotatable bonds is 7. The van der Waals surface area contributed by atoms with Crippen LogP contribution in [0.5, 0.6) is 5.88 Å². The van der Waals surface area contributed by atoms with Gasteiger partial charge in [0.1, 0.15) is 11.9 Å². The summed E-state index contributed by atoms with van der Waals surface area (Å²) < 4.78 is 5.92. The number of hydrogen-bond donors (Lipinski definition) is 1. The van der Waals surface area contributed by atoms with Gasteiger partial charge in [-0.05, 0) is 33.2 Å². The quantitative estimate of drug-likeness (QED) is 0.740. The molecule has 0 unspecified atom stereocenters. The molecule has 0 fully saturated rings. The molecule has 1 rings (SSSR count). The normalized spacial score (nSPS) is 11.5. The van der Waals surface area contributed by atoms with Gasteiger partial charge in [-0.25, -0.2) is 9.97 Å². The molecule has 1 N–H and O–H groups in total. The first kappa shape index (κ1) is 13.9. The summed E-state index contributed by atoms with van der Waals surface area (Å²) in [5.41, 5.74) is 0.830. The third kappa shape index (κ3) is 4.69. The first-order valence-corrected chi connectivity index (χ1v) is 6.27. The van der Waals surface area contributed by atoms with Crippen LogP contribution >= 0.6 is 0 Å². The number of ether oxygens (including phenoxy) is 1. The predicted octanol–water partition coefficient (Wildman–Crippen LogP) is 2.54. The predicted molar refractivity (Wildman–Crippen MR) is 69.0 cm³/mol. The maximum absolute atomic E-state index is 5.92. The van der Waals surface area contributed by atoms with Crippen molar-refractivity contribution in [3.8, 4) is 5.88 Å². The van der Waals surface area contributed by atoms with Crippen LogP contribution in [0.1, 0.15) is 46.1 Å². The zero-order valence-electron chi connectivity index (χ0n) is 11.3. The lowest BCUT2D eigenvalue weighted by atomic mass is 10.1. The molecule has 0 aliphatic carbocycles. The van der Waals surface area contributed by atoms with Gasteiger partial charge in [0, 0.05) is 18.3 Å². The molecule has 0 aromatic carbocycles. The largest absolute Gasteiger partial charge is 0.471 e. The minimum atomic E-state index is -0.187. The highest BCUT2D eigenvalue weighted by Gasteiger charge is 2.19. The Morgan fingerprint density at radius 2 is 2.12 bits per heavy atom. The van der Waals surface area contributed by atoms with Crippen molar-refractivity contribution in [2.24, 2.45) is 0 Å². The van der Waals surface area contributed by atoms with E-state index in [1.165, 1.54) is 6.33 Å². The van der Waals surface area contributed by atoms with Gasteiger partial charge in [-0.3, -0.25) is 0 Å². The van der Waals surface area contributed by atoms with Crippen LogP contribution in [0.3, 0.4) is 0 Å². The second-order valence-corrected chi connectivity index (χ2v) is 4.75. The second-order valence-electron chi connectivity index (χ2n) is 4.75. The van der Waals surface area contributed by atoms with Gasteiger partial charge < -0.3 is 10.1 Å². The van der Waals surface area contributed by atoms with Gasteiger partial charge in [-0.2, -0.15) is 0 Å². The minimum absolute atomic E-state index is 0.187. The molecule has 1 aromatic heterocycles. The molecule has 0 spiro atoms. The Balaban J connectivity index is 2.70. The molecule has 0 aliphatic rings. The SMILES string of the molecule is CCCNCc1cncnc1OC(C)(C)CC. The standard InChI is InChI=1S/C13H23N3O/c1-5-7-14-8-11-9-15-10-16-12(11)17-13(3,4)6-2/h9-10,14H,5-8H2,1-4H3. The zero-order chi connectivity index (χ0) is 12.7. The van der Waals surface area contributed by atoms with Crippen LogP contribution < -0.4 is 10.1 Å². The fraction of sp³-hybridized carbons (Fsp3) is 0.692. The Kier molecular flexibility index (Phi) is 5.35. The number of nitrogens with one attached hydrogen (secondary N) is 1. The smallest absolute Gasteiger partial charge is 0.221 e. The number of hydrogen-bond acceptors (Lipinski definition) is 4.